The van der Waals surface area contributed by atoms with Gasteiger partial charge in [-0.05, 0) is 36.1 Å². The second-order valence-corrected chi connectivity index (χ2v) is 7.49. The largest absolute Gasteiger partial charge is 0.854 e. The molecule has 142 valence electrons. The van der Waals surface area contributed by atoms with E-state index in [9.17, 15) is 14.3 Å². The average molecular weight is 396 g/mol. The number of fused-ring (bicyclic) bond motifs is 3. The van der Waals surface area contributed by atoms with Crippen LogP contribution in [0.15, 0.2) is 53.7 Å². The summed E-state index contributed by atoms with van der Waals surface area (Å²) in [6, 6.07) is 13.1. The van der Waals surface area contributed by atoms with Crippen molar-refractivity contribution in [3.05, 3.63) is 59.9 Å². The van der Waals surface area contributed by atoms with Crippen molar-refractivity contribution < 1.29 is 19.0 Å². The molecule has 0 bridgehead atoms. The molecular weight excluding hydrogens is 379 g/mol. The van der Waals surface area contributed by atoms with Crippen molar-refractivity contribution in [2.24, 2.45) is 0 Å². The molecule has 4 rings (SSSR count). The summed E-state index contributed by atoms with van der Waals surface area (Å²) < 4.78 is 15.5. The standard InChI is InChI=1S/C20H17FN4O2S/c1-3-28-20-22-18(27)17-15-9-4-5-10-16(15)24(12(2)26)19(25(17)23-20)13-7-6-8-14(21)11-13/h4-11,19H,3H2,1-2H3. The zero-order chi connectivity index (χ0) is 19.8. The van der Waals surface area contributed by atoms with E-state index < -0.39 is 17.9 Å². The summed E-state index contributed by atoms with van der Waals surface area (Å²) in [6.45, 7) is 3.37. The number of hydrogen-bond acceptors (Lipinski definition) is 5. The highest BCUT2D eigenvalue weighted by molar-refractivity contribution is 7.99. The molecule has 0 radical (unpaired) electrons. The van der Waals surface area contributed by atoms with Gasteiger partial charge in [-0.3, -0.25) is 4.79 Å². The molecule has 0 saturated heterocycles. The first-order valence-electron chi connectivity index (χ1n) is 8.79. The van der Waals surface area contributed by atoms with Crippen LogP contribution in [-0.2, 0) is 4.79 Å². The molecule has 1 atom stereocenters. The Morgan fingerprint density at radius 3 is 2.79 bits per heavy atom. The van der Waals surface area contributed by atoms with Crippen LogP contribution in [0.2, 0.25) is 0 Å². The second kappa shape index (κ2) is 7.20. The van der Waals surface area contributed by atoms with Crippen molar-refractivity contribution in [3.8, 4) is 17.1 Å². The van der Waals surface area contributed by atoms with Gasteiger partial charge in [-0.15, -0.1) is 0 Å². The predicted molar refractivity (Wildman–Crippen MR) is 101 cm³/mol. The zero-order valence-electron chi connectivity index (χ0n) is 15.3. The number of benzene rings is 2. The SMILES string of the molecule is CCSc1nc([O-])c2[n+](n1)C(c1cccc(F)c1)N(C(C)=O)c1ccccc1-2. The molecule has 1 aliphatic heterocycles. The number of nitrogens with zero attached hydrogens (tertiary/aromatic N) is 4. The fourth-order valence-corrected chi connectivity index (χ4v) is 3.98. The summed E-state index contributed by atoms with van der Waals surface area (Å²) in [7, 11) is 0. The Kier molecular flexibility index (Phi) is 4.72. The molecule has 0 saturated carbocycles. The van der Waals surface area contributed by atoms with E-state index in [1.165, 1.54) is 40.4 Å². The number of amides is 1. The number of rotatable bonds is 3. The number of para-hydroxylation sites is 1. The minimum atomic E-state index is -0.787. The molecule has 8 heteroatoms. The van der Waals surface area contributed by atoms with Crippen molar-refractivity contribution in [3.63, 3.8) is 0 Å². The van der Waals surface area contributed by atoms with Gasteiger partial charge in [0.15, 0.2) is 0 Å². The van der Waals surface area contributed by atoms with Gasteiger partial charge in [0, 0.05) is 17.6 Å². The predicted octanol–water partition coefficient (Wildman–Crippen LogP) is 2.67. The van der Waals surface area contributed by atoms with E-state index in [1.807, 2.05) is 6.92 Å². The molecule has 0 aliphatic carbocycles. The zero-order valence-corrected chi connectivity index (χ0v) is 16.1. The van der Waals surface area contributed by atoms with Crippen LogP contribution in [0.25, 0.3) is 11.3 Å². The van der Waals surface area contributed by atoms with E-state index in [0.717, 1.165) is 0 Å². The fraction of sp³-hybridized carbons (Fsp3) is 0.200. The monoisotopic (exact) mass is 396 g/mol. The number of anilines is 1. The van der Waals surface area contributed by atoms with Crippen molar-refractivity contribution in [1.82, 2.24) is 10.1 Å². The molecule has 0 spiro atoms. The van der Waals surface area contributed by atoms with Gasteiger partial charge in [-0.1, -0.05) is 41.6 Å². The van der Waals surface area contributed by atoms with E-state index in [1.54, 1.807) is 36.4 Å². The number of halogens is 1. The first-order valence-corrected chi connectivity index (χ1v) is 9.78. The Labute approximate surface area is 165 Å². The van der Waals surface area contributed by atoms with E-state index in [4.69, 9.17) is 0 Å². The fourth-order valence-electron chi connectivity index (χ4n) is 3.43. The van der Waals surface area contributed by atoms with E-state index >= 15 is 0 Å². The van der Waals surface area contributed by atoms with Gasteiger partial charge >= 0.3 is 0 Å². The topological polar surface area (TPSA) is 73.0 Å². The molecular formula is C20H17FN4O2S. The van der Waals surface area contributed by atoms with Crippen LogP contribution in [0, 0.1) is 5.82 Å². The quantitative estimate of drug-likeness (QED) is 0.503. The summed E-state index contributed by atoms with van der Waals surface area (Å²) in [5.74, 6) is -0.406. The number of aromatic nitrogens is 3. The van der Waals surface area contributed by atoms with Crippen molar-refractivity contribution in [2.45, 2.75) is 25.2 Å². The van der Waals surface area contributed by atoms with Crippen LogP contribution in [0.1, 0.15) is 25.6 Å². The third-order valence-corrected chi connectivity index (χ3v) is 5.20. The minimum Gasteiger partial charge on any atom is -0.854 e. The van der Waals surface area contributed by atoms with Crippen molar-refractivity contribution in [2.75, 3.05) is 10.7 Å². The highest BCUT2D eigenvalue weighted by Gasteiger charge is 2.43. The van der Waals surface area contributed by atoms with Crippen molar-refractivity contribution >= 4 is 23.4 Å². The Morgan fingerprint density at radius 2 is 2.07 bits per heavy atom. The maximum Gasteiger partial charge on any atom is 0.293 e. The summed E-state index contributed by atoms with van der Waals surface area (Å²) in [6.07, 6.45) is -0.787. The molecule has 0 N–H and O–H groups in total. The van der Waals surface area contributed by atoms with E-state index in [-0.39, 0.29) is 11.6 Å². The van der Waals surface area contributed by atoms with Gasteiger partial charge in [0.2, 0.25) is 5.91 Å². The summed E-state index contributed by atoms with van der Waals surface area (Å²) in [5, 5.41) is 17.7. The molecule has 2 heterocycles. The lowest BCUT2D eigenvalue weighted by Gasteiger charge is -2.32. The maximum absolute atomic E-state index is 14.0. The maximum atomic E-state index is 14.0. The van der Waals surface area contributed by atoms with Crippen LogP contribution in [-0.4, -0.2) is 21.7 Å². The van der Waals surface area contributed by atoms with Crippen LogP contribution in [0.3, 0.4) is 0 Å². The Morgan fingerprint density at radius 1 is 1.29 bits per heavy atom. The number of carbonyl (C=O) groups excluding carboxylic acids is 1. The van der Waals surface area contributed by atoms with E-state index in [2.05, 4.69) is 10.1 Å². The minimum absolute atomic E-state index is 0.240. The lowest BCUT2D eigenvalue weighted by atomic mass is 10.0. The Balaban J connectivity index is 2.06. The molecule has 6 nitrogen and oxygen atoms in total. The average Bonchev–Trinajstić information content (AvgIpc) is 2.66. The van der Waals surface area contributed by atoms with Gasteiger partial charge in [-0.25, -0.2) is 14.3 Å². The van der Waals surface area contributed by atoms with Crippen molar-refractivity contribution in [1.29, 1.82) is 0 Å². The number of carbonyl (C=O) groups is 1. The lowest BCUT2D eigenvalue weighted by molar-refractivity contribution is -0.764. The molecule has 1 unspecified atom stereocenters. The molecule has 1 aromatic heterocycles. The van der Waals surface area contributed by atoms with E-state index in [0.29, 0.717) is 27.7 Å². The summed E-state index contributed by atoms with van der Waals surface area (Å²) in [4.78, 5) is 18.2. The molecule has 1 aliphatic rings. The molecule has 0 fully saturated rings. The Bertz CT molecular complexity index is 1080. The second-order valence-electron chi connectivity index (χ2n) is 6.26. The normalized spacial score (nSPS) is 15.1. The summed E-state index contributed by atoms with van der Waals surface area (Å²) >= 11 is 1.33. The number of thioether (sulfide) groups is 1. The smallest absolute Gasteiger partial charge is 0.293 e. The third kappa shape index (κ3) is 2.99. The first kappa shape index (κ1) is 18.4. The molecule has 28 heavy (non-hydrogen) atoms. The Hall–Kier alpha value is -3.00. The lowest BCUT2D eigenvalue weighted by Crippen LogP contribution is -2.58. The highest BCUT2D eigenvalue weighted by Crippen LogP contribution is 2.40. The van der Waals surface area contributed by atoms with Crippen LogP contribution in [0.5, 0.6) is 5.88 Å². The third-order valence-electron chi connectivity index (χ3n) is 4.48. The van der Waals surface area contributed by atoms with Crippen LogP contribution < -0.4 is 14.7 Å². The van der Waals surface area contributed by atoms with Gasteiger partial charge < -0.3 is 5.11 Å². The van der Waals surface area contributed by atoms with Crippen LogP contribution >= 0.6 is 11.8 Å². The van der Waals surface area contributed by atoms with Gasteiger partial charge in [-0.2, -0.15) is 0 Å². The van der Waals surface area contributed by atoms with Crippen LogP contribution in [0.4, 0.5) is 10.1 Å². The molecule has 1 amide bonds. The molecule has 3 aromatic rings. The summed E-state index contributed by atoms with van der Waals surface area (Å²) in [5.41, 5.74) is 1.94. The highest BCUT2D eigenvalue weighted by atomic mass is 32.2. The number of hydrogen-bond donors (Lipinski definition) is 0. The first-order chi connectivity index (χ1) is 13.5. The van der Waals surface area contributed by atoms with Gasteiger partial charge in [0.25, 0.3) is 17.0 Å². The van der Waals surface area contributed by atoms with Gasteiger partial charge in [0.1, 0.15) is 5.82 Å². The van der Waals surface area contributed by atoms with Gasteiger partial charge in [0.05, 0.1) is 17.1 Å². The molecule has 2 aromatic carbocycles.